The third kappa shape index (κ3) is 2.31. The number of carbonyl (C=O) groups is 1. The molecule has 0 radical (unpaired) electrons. The summed E-state index contributed by atoms with van der Waals surface area (Å²) in [5.41, 5.74) is 0. The maximum atomic E-state index is 11.5. The monoisotopic (exact) mass is 181 g/mol. The van der Waals surface area contributed by atoms with Gasteiger partial charge in [0.1, 0.15) is 5.78 Å². The van der Waals surface area contributed by atoms with Crippen LogP contribution in [0.5, 0.6) is 0 Å². The lowest BCUT2D eigenvalue weighted by molar-refractivity contribution is -0.122. The van der Waals surface area contributed by atoms with Gasteiger partial charge in [0.05, 0.1) is 0 Å². The van der Waals surface area contributed by atoms with E-state index in [4.69, 9.17) is 0 Å². The van der Waals surface area contributed by atoms with E-state index in [9.17, 15) is 4.79 Å². The maximum Gasteiger partial charge on any atom is 0.133 e. The second-order valence-electron chi connectivity index (χ2n) is 4.83. The summed E-state index contributed by atoms with van der Waals surface area (Å²) in [5, 5.41) is 0. The molecule has 3 fully saturated rings. The highest BCUT2D eigenvalue weighted by atomic mass is 16.1. The first-order valence-electron chi connectivity index (χ1n) is 5.44. The van der Waals surface area contributed by atoms with E-state index in [0.29, 0.717) is 17.6 Å². The Morgan fingerprint density at radius 2 is 1.69 bits per heavy atom. The van der Waals surface area contributed by atoms with Gasteiger partial charge in [-0.3, -0.25) is 4.79 Å². The summed E-state index contributed by atoms with van der Waals surface area (Å²) >= 11 is 0. The molecule has 2 nitrogen and oxygen atoms in total. The Morgan fingerprint density at radius 1 is 1.15 bits per heavy atom. The highest BCUT2D eigenvalue weighted by molar-refractivity contribution is 5.79. The lowest BCUT2D eigenvalue weighted by Crippen LogP contribution is -2.37. The summed E-state index contributed by atoms with van der Waals surface area (Å²) in [4.78, 5) is 14.0. The van der Waals surface area contributed by atoms with E-state index in [1.165, 1.54) is 19.3 Å². The normalized spacial score (nSPS) is 36.8. The first-order valence-corrected chi connectivity index (χ1v) is 5.44. The number of carbonyl (C=O) groups excluding carboxylic acids is 1. The van der Waals surface area contributed by atoms with Crippen LogP contribution < -0.4 is 0 Å². The Balaban J connectivity index is 2.10. The van der Waals surface area contributed by atoms with Crippen molar-refractivity contribution in [3.8, 4) is 0 Å². The van der Waals surface area contributed by atoms with E-state index in [-0.39, 0.29) is 0 Å². The molecule has 0 aromatic rings. The topological polar surface area (TPSA) is 20.3 Å². The Hall–Kier alpha value is -0.370. The molecule has 1 saturated carbocycles. The van der Waals surface area contributed by atoms with Crippen LogP contribution in [0.4, 0.5) is 0 Å². The Kier molecular flexibility index (Phi) is 2.68. The lowest BCUT2D eigenvalue weighted by atomic mass is 9.82. The van der Waals surface area contributed by atoms with E-state index >= 15 is 0 Å². The zero-order valence-electron chi connectivity index (χ0n) is 8.46. The van der Waals surface area contributed by atoms with Crippen molar-refractivity contribution in [2.75, 3.05) is 20.1 Å². The summed E-state index contributed by atoms with van der Waals surface area (Å²) in [6.45, 7) is 2.28. The largest absolute Gasteiger partial charge is 0.306 e. The molecule has 1 aliphatic carbocycles. The van der Waals surface area contributed by atoms with Gasteiger partial charge in [0.25, 0.3) is 0 Å². The molecule has 0 amide bonds. The van der Waals surface area contributed by atoms with Crippen LogP contribution in [0.2, 0.25) is 0 Å². The van der Waals surface area contributed by atoms with Crippen LogP contribution in [-0.4, -0.2) is 30.8 Å². The van der Waals surface area contributed by atoms with E-state index in [2.05, 4.69) is 11.9 Å². The molecule has 2 heteroatoms. The number of Topliss-reactive ketones (excluding diaryl/α,β-unsaturated/α-hetero) is 1. The lowest BCUT2D eigenvalue weighted by Gasteiger charge is -2.34. The second-order valence-corrected chi connectivity index (χ2v) is 4.83. The van der Waals surface area contributed by atoms with Crippen molar-refractivity contribution in [2.45, 2.75) is 32.1 Å². The van der Waals surface area contributed by atoms with Gasteiger partial charge in [-0.15, -0.1) is 0 Å². The molecular formula is C11H19NO. The average molecular weight is 181 g/mol. The fraction of sp³-hybridized carbons (Fsp3) is 0.909. The molecule has 0 spiro atoms. The van der Waals surface area contributed by atoms with Gasteiger partial charge in [-0.2, -0.15) is 0 Å². The van der Waals surface area contributed by atoms with E-state index in [1.807, 2.05) is 0 Å². The second kappa shape index (κ2) is 3.79. The first-order chi connectivity index (χ1) is 6.24. The summed E-state index contributed by atoms with van der Waals surface area (Å²) in [6.07, 6.45) is 5.58. The zero-order chi connectivity index (χ0) is 9.26. The summed E-state index contributed by atoms with van der Waals surface area (Å²) in [6, 6.07) is 0. The van der Waals surface area contributed by atoms with Crippen LogP contribution in [0.1, 0.15) is 32.1 Å². The van der Waals surface area contributed by atoms with Crippen molar-refractivity contribution >= 4 is 5.78 Å². The molecule has 0 N–H and O–H groups in total. The number of nitrogens with zero attached hydrogens (tertiary/aromatic N) is 1. The number of fused-ring (bicyclic) bond motifs is 6. The standard InChI is InChI=1S/C11H19NO/c1-12-7-9-3-2-4-10(8-12)6-11(13)5-9/h9-10H,2-8H2,1H3. The number of hydrogen-bond donors (Lipinski definition) is 0. The van der Waals surface area contributed by atoms with E-state index in [0.717, 1.165) is 25.9 Å². The summed E-state index contributed by atoms with van der Waals surface area (Å²) in [7, 11) is 2.20. The third-order valence-corrected chi connectivity index (χ3v) is 3.40. The van der Waals surface area contributed by atoms with Crippen molar-refractivity contribution in [1.29, 1.82) is 0 Å². The third-order valence-electron chi connectivity index (χ3n) is 3.40. The maximum absolute atomic E-state index is 11.5. The predicted molar refractivity (Wildman–Crippen MR) is 52.6 cm³/mol. The number of rotatable bonds is 0. The van der Waals surface area contributed by atoms with Crippen LogP contribution in [0.3, 0.4) is 0 Å². The molecule has 2 unspecified atom stereocenters. The van der Waals surface area contributed by atoms with Crippen molar-refractivity contribution in [2.24, 2.45) is 11.8 Å². The van der Waals surface area contributed by atoms with Gasteiger partial charge in [0.2, 0.25) is 0 Å². The molecular weight excluding hydrogens is 162 g/mol. The molecule has 0 aromatic carbocycles. The van der Waals surface area contributed by atoms with Crippen LogP contribution in [0.15, 0.2) is 0 Å². The molecule has 13 heavy (non-hydrogen) atoms. The molecule has 3 aliphatic rings. The fourth-order valence-electron chi connectivity index (χ4n) is 2.89. The zero-order valence-corrected chi connectivity index (χ0v) is 8.46. The fourth-order valence-corrected chi connectivity index (χ4v) is 2.89. The summed E-state index contributed by atoms with van der Waals surface area (Å²) < 4.78 is 0. The average Bonchev–Trinajstić information content (AvgIpc) is 1.95. The van der Waals surface area contributed by atoms with Gasteiger partial charge in [0, 0.05) is 25.9 Å². The van der Waals surface area contributed by atoms with Gasteiger partial charge < -0.3 is 4.90 Å². The van der Waals surface area contributed by atoms with E-state index < -0.39 is 0 Å². The quantitative estimate of drug-likeness (QED) is 0.567. The smallest absolute Gasteiger partial charge is 0.133 e. The minimum absolute atomic E-state index is 0.516. The number of ketones is 1. The summed E-state index contributed by atoms with van der Waals surface area (Å²) in [5.74, 6) is 1.82. The Morgan fingerprint density at radius 3 is 2.23 bits per heavy atom. The van der Waals surface area contributed by atoms with Gasteiger partial charge >= 0.3 is 0 Å². The molecule has 2 aliphatic heterocycles. The van der Waals surface area contributed by atoms with Gasteiger partial charge in [-0.05, 0) is 31.7 Å². The van der Waals surface area contributed by atoms with Gasteiger partial charge in [0.15, 0.2) is 0 Å². The molecule has 2 heterocycles. The first kappa shape index (κ1) is 9.20. The minimum atomic E-state index is 0.516. The van der Waals surface area contributed by atoms with Crippen molar-refractivity contribution in [3.05, 3.63) is 0 Å². The van der Waals surface area contributed by atoms with Gasteiger partial charge in [-0.25, -0.2) is 0 Å². The van der Waals surface area contributed by atoms with Crippen LogP contribution >= 0.6 is 0 Å². The molecule has 2 bridgehead atoms. The SMILES string of the molecule is CN1CC2CCCC(CC(=O)C2)C1. The predicted octanol–water partition coefficient (Wildman–Crippen LogP) is 1.70. The molecule has 3 rings (SSSR count). The Labute approximate surface area is 80.3 Å². The molecule has 0 aromatic heterocycles. The van der Waals surface area contributed by atoms with E-state index in [1.54, 1.807) is 0 Å². The van der Waals surface area contributed by atoms with Crippen molar-refractivity contribution in [3.63, 3.8) is 0 Å². The van der Waals surface area contributed by atoms with Crippen LogP contribution in [-0.2, 0) is 4.79 Å². The highest BCUT2D eigenvalue weighted by Gasteiger charge is 2.27. The Bertz CT molecular complexity index is 184. The number of hydrogen-bond acceptors (Lipinski definition) is 2. The molecule has 74 valence electrons. The van der Waals surface area contributed by atoms with Crippen LogP contribution in [0.25, 0.3) is 0 Å². The van der Waals surface area contributed by atoms with Gasteiger partial charge in [-0.1, -0.05) is 6.42 Å². The van der Waals surface area contributed by atoms with Crippen LogP contribution in [0, 0.1) is 11.8 Å². The highest BCUT2D eigenvalue weighted by Crippen LogP contribution is 2.28. The minimum Gasteiger partial charge on any atom is -0.306 e. The van der Waals surface area contributed by atoms with Crippen molar-refractivity contribution < 1.29 is 4.79 Å². The molecule has 2 atom stereocenters. The molecule has 2 saturated heterocycles. The van der Waals surface area contributed by atoms with Crippen molar-refractivity contribution in [1.82, 2.24) is 4.90 Å².